The highest BCUT2D eigenvalue weighted by atomic mass is 35.5. The minimum Gasteiger partial charge on any atom is -0.399 e. The van der Waals surface area contributed by atoms with Crippen LogP contribution < -0.4 is 5.73 Å². The van der Waals surface area contributed by atoms with E-state index in [2.05, 4.69) is 0 Å². The third kappa shape index (κ3) is 2.67. The molecule has 1 aromatic carbocycles. The smallest absolute Gasteiger partial charge is 0.255 e. The van der Waals surface area contributed by atoms with E-state index in [9.17, 15) is 4.79 Å². The second-order valence-corrected chi connectivity index (χ2v) is 5.00. The van der Waals surface area contributed by atoms with Gasteiger partial charge >= 0.3 is 0 Å². The fourth-order valence-electron chi connectivity index (χ4n) is 2.03. The van der Waals surface area contributed by atoms with E-state index in [4.69, 9.17) is 28.9 Å². The average molecular weight is 273 g/mol. The first-order chi connectivity index (χ1) is 8.09. The molecule has 1 amide bonds. The highest BCUT2D eigenvalue weighted by Crippen LogP contribution is 2.30. The summed E-state index contributed by atoms with van der Waals surface area (Å²) in [6, 6.07) is 3.14. The molecule has 2 rings (SSSR count). The zero-order valence-corrected chi connectivity index (χ0v) is 10.9. The molecule has 0 aromatic heterocycles. The van der Waals surface area contributed by atoms with Crippen molar-refractivity contribution >= 4 is 34.8 Å². The molecule has 17 heavy (non-hydrogen) atoms. The van der Waals surface area contributed by atoms with Crippen LogP contribution in [0.25, 0.3) is 0 Å². The van der Waals surface area contributed by atoms with Crippen LogP contribution in [0.1, 0.15) is 29.6 Å². The summed E-state index contributed by atoms with van der Waals surface area (Å²) in [4.78, 5) is 14.1. The van der Waals surface area contributed by atoms with Crippen molar-refractivity contribution in [2.45, 2.75) is 19.3 Å². The van der Waals surface area contributed by atoms with E-state index in [0.717, 1.165) is 25.9 Å². The Morgan fingerprint density at radius 3 is 2.47 bits per heavy atom. The largest absolute Gasteiger partial charge is 0.399 e. The number of piperidine rings is 1. The second-order valence-electron chi connectivity index (χ2n) is 4.22. The summed E-state index contributed by atoms with van der Waals surface area (Å²) in [6.07, 6.45) is 3.26. The average Bonchev–Trinajstić information content (AvgIpc) is 2.34. The van der Waals surface area contributed by atoms with E-state index in [0.29, 0.717) is 16.3 Å². The number of nitrogens with zero attached hydrogens (tertiary/aromatic N) is 1. The normalized spacial score (nSPS) is 16.0. The van der Waals surface area contributed by atoms with E-state index in [1.54, 1.807) is 17.0 Å². The molecule has 0 radical (unpaired) electrons. The maximum Gasteiger partial charge on any atom is 0.255 e. The van der Waals surface area contributed by atoms with Crippen molar-refractivity contribution in [2.24, 2.45) is 0 Å². The summed E-state index contributed by atoms with van der Waals surface area (Å²) >= 11 is 12.0. The molecule has 0 aliphatic carbocycles. The Kier molecular flexibility index (Phi) is 3.79. The Hall–Kier alpha value is -0.930. The maximum absolute atomic E-state index is 12.3. The molecule has 0 saturated carbocycles. The molecule has 0 bridgehead atoms. The monoisotopic (exact) mass is 272 g/mol. The summed E-state index contributed by atoms with van der Waals surface area (Å²) in [5.74, 6) is -0.0797. The van der Waals surface area contributed by atoms with Gasteiger partial charge in [0.2, 0.25) is 0 Å². The van der Waals surface area contributed by atoms with Gasteiger partial charge < -0.3 is 10.6 Å². The van der Waals surface area contributed by atoms with Crippen LogP contribution >= 0.6 is 23.2 Å². The molecule has 3 nitrogen and oxygen atoms in total. The summed E-state index contributed by atoms with van der Waals surface area (Å²) < 4.78 is 0. The van der Waals surface area contributed by atoms with Gasteiger partial charge in [-0.3, -0.25) is 4.79 Å². The standard InChI is InChI=1S/C12H14Cl2N2O/c13-10-7-8(15)6-9(11(10)14)12(17)16-4-2-1-3-5-16/h6-7H,1-5,15H2. The molecular formula is C12H14Cl2N2O. The Balaban J connectivity index is 2.29. The summed E-state index contributed by atoms with van der Waals surface area (Å²) in [7, 11) is 0. The van der Waals surface area contributed by atoms with Crippen molar-refractivity contribution in [3.63, 3.8) is 0 Å². The van der Waals surface area contributed by atoms with Gasteiger partial charge in [0.25, 0.3) is 5.91 Å². The maximum atomic E-state index is 12.3. The number of carbonyl (C=O) groups is 1. The Morgan fingerprint density at radius 1 is 1.18 bits per heavy atom. The van der Waals surface area contributed by atoms with Crippen molar-refractivity contribution in [3.8, 4) is 0 Å². The number of halogens is 2. The summed E-state index contributed by atoms with van der Waals surface area (Å²) in [5.41, 5.74) is 6.54. The fraction of sp³-hybridized carbons (Fsp3) is 0.417. The van der Waals surface area contributed by atoms with Gasteiger partial charge in [-0.15, -0.1) is 0 Å². The molecule has 1 aliphatic heterocycles. The van der Waals surface area contributed by atoms with E-state index in [1.807, 2.05) is 0 Å². The molecule has 1 aliphatic rings. The van der Waals surface area contributed by atoms with Crippen molar-refractivity contribution < 1.29 is 4.79 Å². The van der Waals surface area contributed by atoms with E-state index in [1.165, 1.54) is 6.42 Å². The quantitative estimate of drug-likeness (QED) is 0.799. The predicted octanol–water partition coefficient (Wildman–Crippen LogP) is 3.20. The number of anilines is 1. The summed E-state index contributed by atoms with van der Waals surface area (Å²) in [5, 5.41) is 0.614. The van der Waals surface area contributed by atoms with Gasteiger partial charge in [-0.2, -0.15) is 0 Å². The lowest BCUT2D eigenvalue weighted by Crippen LogP contribution is -2.35. The van der Waals surface area contributed by atoms with Gasteiger partial charge in [0.05, 0.1) is 15.6 Å². The molecule has 1 aromatic rings. The van der Waals surface area contributed by atoms with Crippen LogP contribution in [0.3, 0.4) is 0 Å². The first kappa shape index (κ1) is 12.5. The minimum atomic E-state index is -0.0797. The van der Waals surface area contributed by atoms with Crippen LogP contribution in [-0.4, -0.2) is 23.9 Å². The number of benzene rings is 1. The van der Waals surface area contributed by atoms with Crippen LogP contribution in [-0.2, 0) is 0 Å². The van der Waals surface area contributed by atoms with Crippen LogP contribution in [0.15, 0.2) is 12.1 Å². The lowest BCUT2D eigenvalue weighted by molar-refractivity contribution is 0.0724. The van der Waals surface area contributed by atoms with Gasteiger partial charge in [-0.25, -0.2) is 0 Å². The lowest BCUT2D eigenvalue weighted by Gasteiger charge is -2.27. The number of hydrogen-bond acceptors (Lipinski definition) is 2. The van der Waals surface area contributed by atoms with Gasteiger partial charge in [-0.05, 0) is 31.4 Å². The molecule has 0 atom stereocenters. The third-order valence-electron chi connectivity index (χ3n) is 2.92. The molecule has 1 saturated heterocycles. The number of nitrogen functional groups attached to an aromatic ring is 1. The van der Waals surface area contributed by atoms with E-state index in [-0.39, 0.29) is 10.9 Å². The van der Waals surface area contributed by atoms with Crippen LogP contribution in [0.5, 0.6) is 0 Å². The molecule has 92 valence electrons. The van der Waals surface area contributed by atoms with Crippen LogP contribution in [0, 0.1) is 0 Å². The lowest BCUT2D eigenvalue weighted by atomic mass is 10.1. The van der Waals surface area contributed by atoms with Crippen molar-refractivity contribution in [3.05, 3.63) is 27.7 Å². The summed E-state index contributed by atoms with van der Waals surface area (Å²) in [6.45, 7) is 1.56. The molecule has 0 unspecified atom stereocenters. The Bertz CT molecular complexity index is 442. The Labute approximate surface area is 110 Å². The van der Waals surface area contributed by atoms with Crippen LogP contribution in [0.4, 0.5) is 5.69 Å². The van der Waals surface area contributed by atoms with E-state index < -0.39 is 0 Å². The SMILES string of the molecule is Nc1cc(Cl)c(Cl)c(C(=O)N2CCCCC2)c1. The fourth-order valence-corrected chi connectivity index (χ4v) is 2.45. The van der Waals surface area contributed by atoms with Gasteiger partial charge in [0, 0.05) is 18.8 Å². The number of hydrogen-bond donors (Lipinski definition) is 1. The Morgan fingerprint density at radius 2 is 1.82 bits per heavy atom. The number of likely N-dealkylation sites (tertiary alicyclic amines) is 1. The molecule has 1 fully saturated rings. The van der Waals surface area contributed by atoms with Gasteiger partial charge in [0.15, 0.2) is 0 Å². The first-order valence-electron chi connectivity index (χ1n) is 5.63. The van der Waals surface area contributed by atoms with Gasteiger partial charge in [0.1, 0.15) is 0 Å². The molecule has 2 N–H and O–H groups in total. The number of carbonyl (C=O) groups excluding carboxylic acids is 1. The number of amides is 1. The molecule has 5 heteroatoms. The minimum absolute atomic E-state index is 0.0797. The third-order valence-corrected chi connectivity index (χ3v) is 3.73. The van der Waals surface area contributed by atoms with Crippen LogP contribution in [0.2, 0.25) is 10.0 Å². The molecule has 0 spiro atoms. The zero-order chi connectivity index (χ0) is 12.4. The molecular weight excluding hydrogens is 259 g/mol. The van der Waals surface area contributed by atoms with Crippen molar-refractivity contribution in [1.29, 1.82) is 0 Å². The number of rotatable bonds is 1. The van der Waals surface area contributed by atoms with Crippen molar-refractivity contribution in [1.82, 2.24) is 4.90 Å². The second kappa shape index (κ2) is 5.15. The highest BCUT2D eigenvalue weighted by Gasteiger charge is 2.21. The van der Waals surface area contributed by atoms with Crippen molar-refractivity contribution in [2.75, 3.05) is 18.8 Å². The topological polar surface area (TPSA) is 46.3 Å². The highest BCUT2D eigenvalue weighted by molar-refractivity contribution is 6.44. The van der Waals surface area contributed by atoms with E-state index >= 15 is 0 Å². The molecule has 1 heterocycles. The number of nitrogens with two attached hydrogens (primary N) is 1. The first-order valence-corrected chi connectivity index (χ1v) is 6.39. The van der Waals surface area contributed by atoms with Gasteiger partial charge in [-0.1, -0.05) is 23.2 Å². The zero-order valence-electron chi connectivity index (χ0n) is 9.38. The predicted molar refractivity (Wildman–Crippen MR) is 70.6 cm³/mol.